The number of hydrogen-bond acceptors (Lipinski definition) is 8. The lowest BCUT2D eigenvalue weighted by Crippen LogP contribution is -2.28. The molecule has 0 aliphatic carbocycles. The van der Waals surface area contributed by atoms with E-state index in [0.29, 0.717) is 22.1 Å². The van der Waals surface area contributed by atoms with Crippen LogP contribution < -0.4 is 33.7 Å². The number of nitrogens with zero attached hydrogens (tertiary/aromatic N) is 2. The van der Waals surface area contributed by atoms with E-state index < -0.39 is 22.2 Å². The molecular weight excluding hydrogens is 408 g/mol. The highest BCUT2D eigenvalue weighted by Crippen LogP contribution is 2.17. The number of benzene rings is 2. The normalized spacial score (nSPS) is 9.74. The number of H-pyrrole nitrogens is 4. The number of anilines is 2. The lowest BCUT2D eigenvalue weighted by atomic mass is 10.1. The van der Waals surface area contributed by atoms with E-state index in [1.54, 1.807) is 0 Å². The second-order valence-electron chi connectivity index (χ2n) is 6.01. The summed E-state index contributed by atoms with van der Waals surface area (Å²) in [5.41, 5.74) is 10.7. The summed E-state index contributed by atoms with van der Waals surface area (Å²) >= 11 is 0. The summed E-state index contributed by atoms with van der Waals surface area (Å²) in [6.07, 6.45) is 0. The zero-order valence-electron chi connectivity index (χ0n) is 15.5. The van der Waals surface area contributed by atoms with Crippen LogP contribution in [0.2, 0.25) is 0 Å². The molecule has 0 amide bonds. The van der Waals surface area contributed by atoms with Crippen LogP contribution in [0.4, 0.5) is 11.4 Å². The van der Waals surface area contributed by atoms with E-state index in [0.717, 1.165) is 0 Å². The maximum Gasteiger partial charge on any atom is 0.314 e. The third-order valence-electron chi connectivity index (χ3n) is 4.03. The average Bonchev–Trinajstić information content (AvgIpc) is 2.70. The molecule has 2 aromatic carbocycles. The van der Waals surface area contributed by atoms with E-state index in [2.05, 4.69) is 19.9 Å². The molecule has 156 valence electrons. The van der Waals surface area contributed by atoms with Gasteiger partial charge >= 0.3 is 22.2 Å². The number of fused-ring (bicyclic) bond motifs is 2. The molecule has 0 spiro atoms. The fourth-order valence-electron chi connectivity index (χ4n) is 2.56. The zero-order valence-corrected chi connectivity index (χ0v) is 15.5. The molecule has 4 rings (SSSR count). The lowest BCUT2D eigenvalue weighted by molar-refractivity contribution is 0.824. The summed E-state index contributed by atoms with van der Waals surface area (Å²) < 4.78 is 0. The first-order valence-electron chi connectivity index (χ1n) is 8.15. The van der Waals surface area contributed by atoms with Gasteiger partial charge in [-0.05, 0) is 24.3 Å². The van der Waals surface area contributed by atoms with Crippen LogP contribution in [0.15, 0.2) is 43.4 Å². The van der Waals surface area contributed by atoms with Crippen molar-refractivity contribution in [2.75, 3.05) is 11.5 Å². The van der Waals surface area contributed by atoms with Gasteiger partial charge in [0.1, 0.15) is 12.1 Å². The molecule has 4 aromatic rings. The third kappa shape index (κ3) is 4.32. The van der Waals surface area contributed by atoms with Crippen molar-refractivity contribution in [3.05, 3.63) is 76.8 Å². The van der Waals surface area contributed by atoms with Gasteiger partial charge in [0, 0.05) is 0 Å². The van der Waals surface area contributed by atoms with E-state index in [1.807, 2.05) is 12.1 Å². The van der Waals surface area contributed by atoms with Gasteiger partial charge < -0.3 is 36.9 Å². The molecular formula is C18H14N8O5. The molecule has 2 heterocycles. The molecule has 0 aliphatic rings. The van der Waals surface area contributed by atoms with Gasteiger partial charge in [0.15, 0.2) is 0 Å². The number of rotatable bonds is 0. The molecule has 0 atom stereocenters. The minimum Gasteiger partial charge on any atom is -0.412 e. The number of hydrogen-bond donors (Lipinski definition) is 6. The standard InChI is InChI=1S/2C9H6N4O2.H2O/c2*10-3-4-1-6-7(2-5(4)11)13-9(15)8(14)12-6;/h2*1-2H,11H2,(H,12,14)(H,13,15);1H2. The van der Waals surface area contributed by atoms with Gasteiger partial charge in [-0.25, -0.2) is 0 Å². The maximum absolute atomic E-state index is 11.0. The van der Waals surface area contributed by atoms with Crippen LogP contribution in [0.5, 0.6) is 0 Å². The van der Waals surface area contributed by atoms with Crippen LogP contribution >= 0.6 is 0 Å². The smallest absolute Gasteiger partial charge is 0.314 e. The molecule has 13 nitrogen and oxygen atoms in total. The molecule has 0 saturated heterocycles. The number of nitrogens with two attached hydrogens (primary N) is 2. The highest BCUT2D eigenvalue weighted by atomic mass is 16.2. The fourth-order valence-corrected chi connectivity index (χ4v) is 2.56. The first-order valence-corrected chi connectivity index (χ1v) is 8.15. The van der Waals surface area contributed by atoms with Gasteiger partial charge in [0.2, 0.25) is 0 Å². The Hall–Kier alpha value is -5.14. The Kier molecular flexibility index (Phi) is 6.06. The number of aromatic nitrogens is 4. The minimum absolute atomic E-state index is 0. The van der Waals surface area contributed by atoms with Crippen molar-refractivity contribution in [3.63, 3.8) is 0 Å². The van der Waals surface area contributed by atoms with Crippen LogP contribution in [-0.2, 0) is 0 Å². The topological polar surface area (TPSA) is 263 Å². The summed E-state index contributed by atoms with van der Waals surface area (Å²) in [6, 6.07) is 9.47. The molecule has 13 heteroatoms. The first kappa shape index (κ1) is 22.2. The Labute approximate surface area is 170 Å². The Bertz CT molecular complexity index is 1510. The minimum atomic E-state index is -0.754. The van der Waals surface area contributed by atoms with Gasteiger partial charge in [-0.15, -0.1) is 0 Å². The van der Waals surface area contributed by atoms with Gasteiger partial charge in [-0.3, -0.25) is 19.2 Å². The van der Waals surface area contributed by atoms with Crippen LogP contribution in [0.1, 0.15) is 11.1 Å². The summed E-state index contributed by atoms with van der Waals surface area (Å²) in [5.74, 6) is 0. The summed E-state index contributed by atoms with van der Waals surface area (Å²) in [4.78, 5) is 53.4. The highest BCUT2D eigenvalue weighted by molar-refractivity contribution is 5.82. The molecule has 2 aromatic heterocycles. The Morgan fingerprint density at radius 3 is 1.10 bits per heavy atom. The van der Waals surface area contributed by atoms with E-state index in [-0.39, 0.29) is 28.0 Å². The second kappa shape index (κ2) is 8.48. The number of nitriles is 2. The Morgan fingerprint density at radius 1 is 0.581 bits per heavy atom. The van der Waals surface area contributed by atoms with Gasteiger partial charge in [-0.2, -0.15) is 10.5 Å². The number of aromatic amines is 4. The van der Waals surface area contributed by atoms with Crippen molar-refractivity contribution in [1.82, 2.24) is 19.9 Å². The largest absolute Gasteiger partial charge is 0.412 e. The number of nitrogen functional groups attached to an aromatic ring is 2. The summed E-state index contributed by atoms with van der Waals surface area (Å²) in [5, 5.41) is 17.4. The lowest BCUT2D eigenvalue weighted by Gasteiger charge is -2.00. The van der Waals surface area contributed by atoms with Gasteiger partial charge in [0.05, 0.1) is 44.6 Å². The molecule has 0 fully saturated rings. The maximum atomic E-state index is 11.0. The molecule has 10 N–H and O–H groups in total. The van der Waals surface area contributed by atoms with E-state index >= 15 is 0 Å². The molecule has 31 heavy (non-hydrogen) atoms. The first-order chi connectivity index (χ1) is 14.2. The van der Waals surface area contributed by atoms with Crippen molar-refractivity contribution in [3.8, 4) is 12.1 Å². The monoisotopic (exact) mass is 422 g/mol. The fraction of sp³-hybridized carbons (Fsp3) is 0. The van der Waals surface area contributed by atoms with Gasteiger partial charge in [-0.1, -0.05) is 0 Å². The third-order valence-corrected chi connectivity index (χ3v) is 4.03. The van der Waals surface area contributed by atoms with E-state index in [4.69, 9.17) is 22.0 Å². The molecule has 0 aliphatic heterocycles. The van der Waals surface area contributed by atoms with E-state index in [1.165, 1.54) is 24.3 Å². The van der Waals surface area contributed by atoms with Crippen molar-refractivity contribution in [1.29, 1.82) is 10.5 Å². The molecule has 0 radical (unpaired) electrons. The predicted octanol–water partition coefficient (Wildman–Crippen LogP) is -1.48. The van der Waals surface area contributed by atoms with Crippen molar-refractivity contribution in [2.24, 2.45) is 0 Å². The zero-order chi connectivity index (χ0) is 22.0. The van der Waals surface area contributed by atoms with Crippen LogP contribution in [0, 0.1) is 22.7 Å². The molecule has 0 unspecified atom stereocenters. The van der Waals surface area contributed by atoms with Crippen molar-refractivity contribution in [2.45, 2.75) is 0 Å². The van der Waals surface area contributed by atoms with Crippen LogP contribution in [0.3, 0.4) is 0 Å². The predicted molar refractivity (Wildman–Crippen MR) is 112 cm³/mol. The van der Waals surface area contributed by atoms with Gasteiger partial charge in [0.25, 0.3) is 0 Å². The van der Waals surface area contributed by atoms with E-state index in [9.17, 15) is 19.2 Å². The Morgan fingerprint density at radius 2 is 0.839 bits per heavy atom. The quantitative estimate of drug-likeness (QED) is 0.143. The second-order valence-corrected chi connectivity index (χ2v) is 6.01. The van der Waals surface area contributed by atoms with Crippen molar-refractivity contribution >= 4 is 33.4 Å². The van der Waals surface area contributed by atoms with Crippen LogP contribution in [0.25, 0.3) is 22.1 Å². The number of nitrogens with one attached hydrogen (secondary N) is 4. The van der Waals surface area contributed by atoms with Crippen LogP contribution in [-0.4, -0.2) is 25.4 Å². The average molecular weight is 422 g/mol. The summed E-state index contributed by atoms with van der Waals surface area (Å²) in [7, 11) is 0. The van der Waals surface area contributed by atoms with Crippen molar-refractivity contribution < 1.29 is 5.48 Å². The summed E-state index contributed by atoms with van der Waals surface area (Å²) in [6.45, 7) is 0. The Balaban J connectivity index is 0.000000213. The SMILES string of the molecule is N#Cc1cc2[nH]c(=O)c(=O)[nH]c2cc1N.N#Cc1cc2[nH]c(=O)c(=O)[nH]c2cc1N.O. The molecule has 0 bridgehead atoms. The molecule has 0 saturated carbocycles. The highest BCUT2D eigenvalue weighted by Gasteiger charge is 2.05.